The van der Waals surface area contributed by atoms with Crippen LogP contribution in [0.1, 0.15) is 11.1 Å². The van der Waals surface area contributed by atoms with Gasteiger partial charge < -0.3 is 19.8 Å². The lowest BCUT2D eigenvalue weighted by atomic mass is 10.1. The van der Waals surface area contributed by atoms with Gasteiger partial charge in [0.25, 0.3) is 0 Å². The van der Waals surface area contributed by atoms with Gasteiger partial charge in [0, 0.05) is 17.6 Å². The Morgan fingerprint density at radius 2 is 1.63 bits per heavy atom. The van der Waals surface area contributed by atoms with E-state index in [1.165, 1.54) is 5.56 Å². The predicted molar refractivity (Wildman–Crippen MR) is 108 cm³/mol. The Morgan fingerprint density at radius 1 is 1.04 bits per heavy atom. The molecule has 0 saturated carbocycles. The molecule has 0 radical (unpaired) electrons. The summed E-state index contributed by atoms with van der Waals surface area (Å²) in [6.45, 7) is 1.44. The van der Waals surface area contributed by atoms with Gasteiger partial charge in [-0.25, -0.2) is 0 Å². The molecular formula is C17H19BrN3O5P. The van der Waals surface area contributed by atoms with Crippen LogP contribution in [-0.4, -0.2) is 31.7 Å². The summed E-state index contributed by atoms with van der Waals surface area (Å²) >= 11 is 3.45. The molecule has 3 rings (SSSR count). The number of fused-ring (bicyclic) bond motifs is 1. The number of H-pyrrole nitrogens is 2. The topological polar surface area (TPSA) is 126 Å². The molecule has 0 aliphatic rings. The van der Waals surface area contributed by atoms with E-state index in [1.807, 2.05) is 31.3 Å². The molecule has 1 heterocycles. The highest BCUT2D eigenvalue weighted by atomic mass is 79.9. The Balaban J connectivity index is 0.000000596. The summed E-state index contributed by atoms with van der Waals surface area (Å²) < 4.78 is 9.60. The number of halogens is 1. The number of hydrogen-bond donors (Lipinski definition) is 4. The standard InChI is InChI=1S/C17H16BrN3O2.H3O3P/c1-21(9-11-5-3-2-4-6-11)10-12-7-13(18)8-14-15(12)20-17(23)16(22)19-14;1-4(2)3/h2-8H,9-10H2,1H3,(H,19,22)(H,20,23);4H,(H2,1,2,3). The molecule has 0 fully saturated rings. The third-order valence-electron chi connectivity index (χ3n) is 3.61. The van der Waals surface area contributed by atoms with E-state index in [2.05, 4.69) is 42.9 Å². The zero-order chi connectivity index (χ0) is 20.0. The molecule has 0 atom stereocenters. The number of nitrogens with one attached hydrogen (secondary N) is 2. The van der Waals surface area contributed by atoms with Gasteiger partial charge in [0.2, 0.25) is 0 Å². The average Bonchev–Trinajstić information content (AvgIpc) is 2.57. The molecule has 0 spiro atoms. The number of aromatic nitrogens is 2. The quantitative estimate of drug-likeness (QED) is 0.351. The van der Waals surface area contributed by atoms with Crippen molar-refractivity contribution >= 4 is 35.2 Å². The van der Waals surface area contributed by atoms with Crippen LogP contribution in [0.15, 0.2) is 56.5 Å². The van der Waals surface area contributed by atoms with Crippen molar-refractivity contribution in [1.29, 1.82) is 0 Å². The molecule has 8 nitrogen and oxygen atoms in total. The third-order valence-corrected chi connectivity index (χ3v) is 4.07. The Labute approximate surface area is 163 Å². The zero-order valence-corrected chi connectivity index (χ0v) is 17.0. The predicted octanol–water partition coefficient (Wildman–Crippen LogP) is 1.97. The summed E-state index contributed by atoms with van der Waals surface area (Å²) in [6.07, 6.45) is 0. The smallest absolute Gasteiger partial charge is 0.314 e. The molecule has 0 unspecified atom stereocenters. The van der Waals surface area contributed by atoms with E-state index in [4.69, 9.17) is 14.4 Å². The number of rotatable bonds is 4. The lowest BCUT2D eigenvalue weighted by Gasteiger charge is -2.18. The molecule has 0 aliphatic heterocycles. The van der Waals surface area contributed by atoms with Crippen molar-refractivity contribution in [2.75, 3.05) is 7.05 Å². The van der Waals surface area contributed by atoms with Crippen molar-refractivity contribution < 1.29 is 14.4 Å². The first-order chi connectivity index (χ1) is 12.8. The molecule has 0 amide bonds. The van der Waals surface area contributed by atoms with Crippen molar-refractivity contribution in [3.8, 4) is 0 Å². The van der Waals surface area contributed by atoms with Crippen LogP contribution in [0.5, 0.6) is 0 Å². The Kier molecular flexibility index (Phi) is 7.70. The van der Waals surface area contributed by atoms with E-state index in [-0.39, 0.29) is 0 Å². The van der Waals surface area contributed by atoms with Crippen molar-refractivity contribution in [1.82, 2.24) is 14.9 Å². The molecule has 3 aromatic rings. The molecule has 2 aromatic carbocycles. The number of aromatic amines is 2. The number of benzene rings is 2. The second-order valence-corrected chi connectivity index (χ2v) is 7.32. The molecule has 1 aromatic heterocycles. The normalized spacial score (nSPS) is 10.9. The van der Waals surface area contributed by atoms with Crippen LogP contribution in [0.4, 0.5) is 0 Å². The minimum Gasteiger partial charge on any atom is -0.326 e. The molecule has 4 N–H and O–H groups in total. The largest absolute Gasteiger partial charge is 0.326 e. The summed E-state index contributed by atoms with van der Waals surface area (Å²) in [7, 11) is -1.11. The second kappa shape index (κ2) is 9.77. The second-order valence-electron chi connectivity index (χ2n) is 5.84. The molecule has 27 heavy (non-hydrogen) atoms. The van der Waals surface area contributed by atoms with E-state index in [1.54, 1.807) is 6.07 Å². The van der Waals surface area contributed by atoms with E-state index in [0.29, 0.717) is 17.6 Å². The highest BCUT2D eigenvalue weighted by Gasteiger charge is 2.09. The van der Waals surface area contributed by atoms with Gasteiger partial charge in [-0.05, 0) is 30.3 Å². The van der Waals surface area contributed by atoms with Gasteiger partial charge >= 0.3 is 19.4 Å². The van der Waals surface area contributed by atoms with E-state index < -0.39 is 19.4 Å². The number of hydrogen-bond acceptors (Lipinski definition) is 4. The average molecular weight is 456 g/mol. The van der Waals surface area contributed by atoms with Gasteiger partial charge in [0.15, 0.2) is 0 Å². The minimum absolute atomic E-state index is 0.618. The fourth-order valence-electron chi connectivity index (χ4n) is 2.63. The van der Waals surface area contributed by atoms with Crippen LogP contribution in [0.3, 0.4) is 0 Å². The third kappa shape index (κ3) is 6.57. The Bertz CT molecular complexity index is 1050. The zero-order valence-electron chi connectivity index (χ0n) is 14.4. The summed E-state index contributed by atoms with van der Waals surface area (Å²) in [5.74, 6) is 0. The van der Waals surface area contributed by atoms with E-state index in [9.17, 15) is 9.59 Å². The van der Waals surface area contributed by atoms with Crippen molar-refractivity contribution in [3.63, 3.8) is 0 Å². The molecule has 0 aliphatic carbocycles. The van der Waals surface area contributed by atoms with Crippen LogP contribution in [-0.2, 0) is 17.7 Å². The summed E-state index contributed by atoms with van der Waals surface area (Å²) in [6, 6.07) is 13.9. The highest BCUT2D eigenvalue weighted by Crippen LogP contribution is 2.21. The van der Waals surface area contributed by atoms with Crippen LogP contribution >= 0.6 is 24.2 Å². The first-order valence-corrected chi connectivity index (χ1v) is 9.95. The summed E-state index contributed by atoms with van der Waals surface area (Å²) in [5, 5.41) is 0. The maximum Gasteiger partial charge on any atom is 0.314 e. The SMILES string of the molecule is CN(Cc1ccccc1)Cc1cc(Br)cc2[nH]c(=O)c(=O)[nH]c12.O=[PH](O)O. The lowest BCUT2D eigenvalue weighted by Crippen LogP contribution is -2.29. The van der Waals surface area contributed by atoms with Gasteiger partial charge in [-0.1, -0.05) is 46.3 Å². The van der Waals surface area contributed by atoms with Crippen molar-refractivity contribution in [2.24, 2.45) is 0 Å². The molecule has 0 saturated heterocycles. The van der Waals surface area contributed by atoms with Crippen LogP contribution in [0.25, 0.3) is 11.0 Å². The van der Waals surface area contributed by atoms with Gasteiger partial charge in [-0.3, -0.25) is 19.1 Å². The van der Waals surface area contributed by atoms with Crippen molar-refractivity contribution in [3.05, 3.63) is 78.8 Å². The van der Waals surface area contributed by atoms with Crippen LogP contribution < -0.4 is 11.1 Å². The summed E-state index contributed by atoms with van der Waals surface area (Å²) in [5.41, 5.74) is 2.17. The van der Waals surface area contributed by atoms with Crippen molar-refractivity contribution in [2.45, 2.75) is 13.1 Å². The molecule has 144 valence electrons. The Hall–Kier alpha value is -2.03. The van der Waals surface area contributed by atoms with Gasteiger partial charge in [0.1, 0.15) is 0 Å². The highest BCUT2D eigenvalue weighted by molar-refractivity contribution is 9.10. The molecule has 0 bridgehead atoms. The fraction of sp³-hybridized carbons (Fsp3) is 0.176. The fourth-order valence-corrected chi connectivity index (χ4v) is 3.13. The first-order valence-electron chi connectivity index (χ1n) is 7.85. The maximum absolute atomic E-state index is 11.6. The minimum atomic E-state index is -3.13. The summed E-state index contributed by atoms with van der Waals surface area (Å²) in [4.78, 5) is 44.9. The van der Waals surface area contributed by atoms with Gasteiger partial charge in [0.05, 0.1) is 11.0 Å². The lowest BCUT2D eigenvalue weighted by molar-refractivity contribution is 0.320. The molecule has 10 heteroatoms. The van der Waals surface area contributed by atoms with E-state index >= 15 is 0 Å². The van der Waals surface area contributed by atoms with Gasteiger partial charge in [-0.2, -0.15) is 0 Å². The maximum atomic E-state index is 11.6. The Morgan fingerprint density at radius 3 is 2.26 bits per heavy atom. The van der Waals surface area contributed by atoms with Gasteiger partial charge in [-0.15, -0.1) is 0 Å². The van der Waals surface area contributed by atoms with Crippen LogP contribution in [0, 0.1) is 0 Å². The number of nitrogens with zero attached hydrogens (tertiary/aromatic N) is 1. The monoisotopic (exact) mass is 455 g/mol. The molecular weight excluding hydrogens is 437 g/mol. The first kappa shape index (κ1) is 21.3. The van der Waals surface area contributed by atoms with Crippen LogP contribution in [0.2, 0.25) is 0 Å². The van der Waals surface area contributed by atoms with E-state index in [0.717, 1.165) is 16.6 Å².